The molecule has 16 heavy (non-hydrogen) atoms. The van der Waals surface area contributed by atoms with Crippen LogP contribution in [0.4, 0.5) is 0 Å². The van der Waals surface area contributed by atoms with Gasteiger partial charge in [-0.05, 0) is 44.3 Å². The highest BCUT2D eigenvalue weighted by Crippen LogP contribution is 2.21. The van der Waals surface area contributed by atoms with Crippen molar-refractivity contribution in [3.63, 3.8) is 0 Å². The Hall–Kier alpha value is -0.820. The fourth-order valence-corrected chi connectivity index (χ4v) is 2.62. The van der Waals surface area contributed by atoms with Crippen LogP contribution in [0.15, 0.2) is 24.3 Å². The van der Waals surface area contributed by atoms with E-state index in [1.807, 2.05) is 0 Å². The molecule has 0 radical (unpaired) electrons. The van der Waals surface area contributed by atoms with Gasteiger partial charge in [0.05, 0.1) is 0 Å². The number of benzene rings is 1. The van der Waals surface area contributed by atoms with Crippen LogP contribution in [0.1, 0.15) is 37.3 Å². The lowest BCUT2D eigenvalue weighted by Gasteiger charge is -2.31. The lowest BCUT2D eigenvalue weighted by atomic mass is 9.94. The maximum Gasteiger partial charge on any atom is 0.0233 e. The summed E-state index contributed by atoms with van der Waals surface area (Å²) in [7, 11) is 0. The van der Waals surface area contributed by atoms with E-state index in [2.05, 4.69) is 43.0 Å². The summed E-state index contributed by atoms with van der Waals surface area (Å²) in [6.07, 6.45) is 4.14. The largest absolute Gasteiger partial charge is 0.299 e. The number of likely N-dealkylation sites (tertiary alicyclic amines) is 1. The average Bonchev–Trinajstić information content (AvgIpc) is 2.30. The molecule has 1 heteroatoms. The minimum absolute atomic E-state index is 0.980. The van der Waals surface area contributed by atoms with Crippen molar-refractivity contribution in [2.45, 2.75) is 39.7 Å². The van der Waals surface area contributed by atoms with Crippen LogP contribution in [-0.4, -0.2) is 18.0 Å². The second-order valence-corrected chi connectivity index (χ2v) is 5.12. The number of aryl methyl sites for hydroxylation is 1. The molecular formula is C15H23N. The molecule has 1 nitrogen and oxygen atoms in total. The first-order valence-electron chi connectivity index (χ1n) is 6.56. The predicted octanol–water partition coefficient (Wildman–Crippen LogP) is 3.62. The zero-order valence-corrected chi connectivity index (χ0v) is 10.6. The summed E-state index contributed by atoms with van der Waals surface area (Å²) in [5.41, 5.74) is 2.84. The van der Waals surface area contributed by atoms with E-state index in [0.717, 1.165) is 12.5 Å². The number of rotatable bonds is 3. The van der Waals surface area contributed by atoms with Crippen molar-refractivity contribution in [2.24, 2.45) is 5.92 Å². The summed E-state index contributed by atoms with van der Waals surface area (Å²) in [6, 6.07) is 8.90. The van der Waals surface area contributed by atoms with Crippen molar-refractivity contribution in [3.05, 3.63) is 35.4 Å². The minimum atomic E-state index is 0.980. The van der Waals surface area contributed by atoms with Crippen LogP contribution >= 0.6 is 0 Å². The van der Waals surface area contributed by atoms with Crippen molar-refractivity contribution in [1.82, 2.24) is 4.90 Å². The van der Waals surface area contributed by atoms with Gasteiger partial charge in [-0.25, -0.2) is 0 Å². The Morgan fingerprint density at radius 2 is 2.00 bits per heavy atom. The molecule has 0 unspecified atom stereocenters. The summed E-state index contributed by atoms with van der Waals surface area (Å²) < 4.78 is 0. The standard InChI is InChI=1S/C15H23N/c1-3-14-7-9-16(10-8-14)12-15-6-4-5-13(2)11-15/h4-6,11,14H,3,7-10,12H2,1-2H3. The van der Waals surface area contributed by atoms with Gasteiger partial charge in [0.2, 0.25) is 0 Å². The van der Waals surface area contributed by atoms with Gasteiger partial charge in [-0.3, -0.25) is 4.90 Å². The summed E-state index contributed by atoms with van der Waals surface area (Å²) in [4.78, 5) is 2.60. The molecule has 0 bridgehead atoms. The Balaban J connectivity index is 1.87. The molecule has 1 aromatic rings. The van der Waals surface area contributed by atoms with Crippen molar-refractivity contribution < 1.29 is 0 Å². The van der Waals surface area contributed by atoms with Crippen LogP contribution in [0.3, 0.4) is 0 Å². The van der Waals surface area contributed by atoms with E-state index in [9.17, 15) is 0 Å². The van der Waals surface area contributed by atoms with Gasteiger partial charge in [0.15, 0.2) is 0 Å². The molecule has 0 aliphatic carbocycles. The van der Waals surface area contributed by atoms with Crippen molar-refractivity contribution >= 4 is 0 Å². The van der Waals surface area contributed by atoms with Crippen molar-refractivity contribution in [1.29, 1.82) is 0 Å². The second-order valence-electron chi connectivity index (χ2n) is 5.12. The van der Waals surface area contributed by atoms with Crippen molar-refractivity contribution in [3.8, 4) is 0 Å². The zero-order valence-electron chi connectivity index (χ0n) is 10.6. The smallest absolute Gasteiger partial charge is 0.0233 e. The zero-order chi connectivity index (χ0) is 11.4. The first kappa shape index (κ1) is 11.7. The first-order chi connectivity index (χ1) is 7.78. The maximum atomic E-state index is 2.60. The summed E-state index contributed by atoms with van der Waals surface area (Å²) in [5, 5.41) is 0. The molecule has 1 aliphatic heterocycles. The van der Waals surface area contributed by atoms with Gasteiger partial charge in [0.25, 0.3) is 0 Å². The third-order valence-corrected chi connectivity index (χ3v) is 3.77. The second kappa shape index (κ2) is 5.49. The van der Waals surface area contributed by atoms with Crippen LogP contribution in [0, 0.1) is 12.8 Å². The monoisotopic (exact) mass is 217 g/mol. The molecule has 1 aromatic carbocycles. The lowest BCUT2D eigenvalue weighted by molar-refractivity contribution is 0.175. The Labute approximate surface area is 99.5 Å². The predicted molar refractivity (Wildman–Crippen MR) is 69.5 cm³/mol. The molecule has 1 heterocycles. The van der Waals surface area contributed by atoms with Gasteiger partial charge in [0.1, 0.15) is 0 Å². The van der Waals surface area contributed by atoms with E-state index in [1.165, 1.54) is 43.5 Å². The number of piperidine rings is 1. The van der Waals surface area contributed by atoms with E-state index in [0.29, 0.717) is 0 Å². The van der Waals surface area contributed by atoms with Crippen LogP contribution in [-0.2, 0) is 6.54 Å². The molecule has 0 aromatic heterocycles. The molecule has 1 aliphatic rings. The molecule has 1 fully saturated rings. The van der Waals surface area contributed by atoms with Gasteiger partial charge in [-0.2, -0.15) is 0 Å². The molecule has 0 saturated carbocycles. The highest BCUT2D eigenvalue weighted by Gasteiger charge is 2.17. The van der Waals surface area contributed by atoms with Crippen LogP contribution in [0.2, 0.25) is 0 Å². The van der Waals surface area contributed by atoms with Crippen LogP contribution in [0.25, 0.3) is 0 Å². The van der Waals surface area contributed by atoms with Gasteiger partial charge in [-0.15, -0.1) is 0 Å². The van der Waals surface area contributed by atoms with E-state index < -0.39 is 0 Å². The quantitative estimate of drug-likeness (QED) is 0.747. The van der Waals surface area contributed by atoms with E-state index in [-0.39, 0.29) is 0 Å². The molecule has 0 amide bonds. The Morgan fingerprint density at radius 3 is 2.62 bits per heavy atom. The SMILES string of the molecule is CCC1CCN(Cc2cccc(C)c2)CC1. The topological polar surface area (TPSA) is 3.24 Å². The van der Waals surface area contributed by atoms with Gasteiger partial charge >= 0.3 is 0 Å². The van der Waals surface area contributed by atoms with Crippen LogP contribution < -0.4 is 0 Å². The maximum absolute atomic E-state index is 2.60. The third kappa shape index (κ3) is 3.08. The summed E-state index contributed by atoms with van der Waals surface area (Å²) >= 11 is 0. The van der Waals surface area contributed by atoms with Crippen LogP contribution in [0.5, 0.6) is 0 Å². The molecular weight excluding hydrogens is 194 g/mol. The number of hydrogen-bond acceptors (Lipinski definition) is 1. The van der Waals surface area contributed by atoms with E-state index >= 15 is 0 Å². The highest BCUT2D eigenvalue weighted by molar-refractivity contribution is 5.22. The lowest BCUT2D eigenvalue weighted by Crippen LogP contribution is -2.32. The molecule has 1 saturated heterocycles. The molecule has 0 spiro atoms. The van der Waals surface area contributed by atoms with Crippen molar-refractivity contribution in [2.75, 3.05) is 13.1 Å². The third-order valence-electron chi connectivity index (χ3n) is 3.77. The Morgan fingerprint density at radius 1 is 1.25 bits per heavy atom. The molecule has 0 N–H and O–H groups in total. The average molecular weight is 217 g/mol. The fraction of sp³-hybridized carbons (Fsp3) is 0.600. The van der Waals surface area contributed by atoms with E-state index in [4.69, 9.17) is 0 Å². The summed E-state index contributed by atoms with van der Waals surface area (Å²) in [6.45, 7) is 8.20. The highest BCUT2D eigenvalue weighted by atomic mass is 15.1. The van der Waals surface area contributed by atoms with Gasteiger partial charge in [0, 0.05) is 6.54 Å². The molecule has 0 atom stereocenters. The Bertz CT molecular complexity index is 324. The summed E-state index contributed by atoms with van der Waals surface area (Å²) in [5.74, 6) is 0.980. The van der Waals surface area contributed by atoms with Gasteiger partial charge in [-0.1, -0.05) is 43.2 Å². The molecule has 2 rings (SSSR count). The van der Waals surface area contributed by atoms with Gasteiger partial charge < -0.3 is 0 Å². The first-order valence-corrected chi connectivity index (χ1v) is 6.56. The number of nitrogens with zero attached hydrogens (tertiary/aromatic N) is 1. The number of hydrogen-bond donors (Lipinski definition) is 0. The molecule has 88 valence electrons. The minimum Gasteiger partial charge on any atom is -0.299 e. The van der Waals surface area contributed by atoms with E-state index in [1.54, 1.807) is 0 Å². The normalized spacial score (nSPS) is 18.9. The fourth-order valence-electron chi connectivity index (χ4n) is 2.62. The Kier molecular flexibility index (Phi) is 4.00.